The molecule has 6 nitrogen and oxygen atoms in total. The van der Waals surface area contributed by atoms with Crippen molar-refractivity contribution in [3.8, 4) is 0 Å². The van der Waals surface area contributed by atoms with E-state index in [4.69, 9.17) is 17.3 Å². The third kappa shape index (κ3) is 3.40. The number of nitrogens with zero attached hydrogens (tertiary/aromatic N) is 3. The van der Waals surface area contributed by atoms with Crippen LogP contribution in [0.4, 0.5) is 30.5 Å². The van der Waals surface area contributed by atoms with Gasteiger partial charge in [-0.3, -0.25) is 5.10 Å². The summed E-state index contributed by atoms with van der Waals surface area (Å²) in [5.41, 5.74) is 6.19. The summed E-state index contributed by atoms with van der Waals surface area (Å²) in [6, 6.07) is 6.93. The zero-order valence-electron chi connectivity index (χ0n) is 14.3. The van der Waals surface area contributed by atoms with Gasteiger partial charge in [-0.05, 0) is 37.1 Å². The lowest BCUT2D eigenvalue weighted by Crippen LogP contribution is -2.16. The summed E-state index contributed by atoms with van der Waals surface area (Å²) in [7, 11) is 0. The Balaban J connectivity index is 1.77. The number of allylic oxidation sites excluding steroid dienone is 4. The van der Waals surface area contributed by atoms with Gasteiger partial charge in [0, 0.05) is 21.9 Å². The summed E-state index contributed by atoms with van der Waals surface area (Å²) in [6.45, 7) is 0. The Hall–Kier alpha value is -3.07. The van der Waals surface area contributed by atoms with Crippen LogP contribution in [0.25, 0.3) is 16.6 Å². The Labute approximate surface area is 162 Å². The van der Waals surface area contributed by atoms with Gasteiger partial charge in [-0.2, -0.15) is 18.3 Å². The first-order chi connectivity index (χ1) is 13.3. The van der Waals surface area contributed by atoms with Gasteiger partial charge in [0.2, 0.25) is 0 Å². The molecule has 28 heavy (non-hydrogen) atoms. The van der Waals surface area contributed by atoms with Gasteiger partial charge < -0.3 is 11.1 Å². The van der Waals surface area contributed by atoms with Crippen molar-refractivity contribution in [1.29, 1.82) is 0 Å². The highest BCUT2D eigenvalue weighted by Crippen LogP contribution is 2.38. The number of rotatable bonds is 3. The number of hydrogen-bond donors (Lipinski definition) is 3. The van der Waals surface area contributed by atoms with E-state index in [0.29, 0.717) is 22.6 Å². The van der Waals surface area contributed by atoms with E-state index in [9.17, 15) is 13.2 Å². The van der Waals surface area contributed by atoms with Crippen molar-refractivity contribution < 1.29 is 13.2 Å². The smallest absolute Gasteiger partial charge is 0.383 e. The summed E-state index contributed by atoms with van der Waals surface area (Å²) in [5, 5.41) is 10.9. The summed E-state index contributed by atoms with van der Waals surface area (Å²) >= 11 is 5.87. The van der Waals surface area contributed by atoms with Gasteiger partial charge in [0.25, 0.3) is 0 Å². The van der Waals surface area contributed by atoms with Crippen molar-refractivity contribution in [2.45, 2.75) is 19.0 Å². The molecular weight excluding hydrogens is 393 g/mol. The lowest BCUT2D eigenvalue weighted by molar-refractivity contribution is -0.0933. The molecule has 0 bridgehead atoms. The second-order valence-electron chi connectivity index (χ2n) is 6.19. The van der Waals surface area contributed by atoms with Crippen LogP contribution in [0.2, 0.25) is 5.02 Å². The number of fused-ring (bicyclic) bond motifs is 1. The van der Waals surface area contributed by atoms with E-state index in [0.717, 1.165) is 5.69 Å². The first-order valence-electron chi connectivity index (χ1n) is 8.34. The molecule has 4 rings (SSSR count). The van der Waals surface area contributed by atoms with Gasteiger partial charge in [0.15, 0.2) is 11.5 Å². The average Bonchev–Trinajstić information content (AvgIpc) is 3.06. The highest BCUT2D eigenvalue weighted by Gasteiger charge is 2.37. The van der Waals surface area contributed by atoms with E-state index in [-0.39, 0.29) is 29.3 Å². The number of nitrogens with one attached hydrogen (secondary N) is 2. The molecule has 0 saturated heterocycles. The maximum atomic E-state index is 13.3. The molecular formula is C18H14ClF3N6. The van der Waals surface area contributed by atoms with Crippen molar-refractivity contribution in [2.75, 3.05) is 11.1 Å². The number of H-pyrrole nitrogens is 1. The Morgan fingerprint density at radius 2 is 1.89 bits per heavy atom. The summed E-state index contributed by atoms with van der Waals surface area (Å²) < 4.78 is 40.0. The van der Waals surface area contributed by atoms with Gasteiger partial charge in [-0.1, -0.05) is 23.8 Å². The fourth-order valence-corrected chi connectivity index (χ4v) is 3.13. The largest absolute Gasteiger partial charge is 0.413 e. The maximum absolute atomic E-state index is 13.3. The zero-order valence-corrected chi connectivity index (χ0v) is 15.1. The van der Waals surface area contributed by atoms with E-state index in [2.05, 4.69) is 25.5 Å². The third-order valence-corrected chi connectivity index (χ3v) is 4.56. The molecule has 0 radical (unpaired) electrons. The zero-order chi connectivity index (χ0) is 19.9. The van der Waals surface area contributed by atoms with Crippen LogP contribution in [0.5, 0.6) is 0 Å². The minimum absolute atomic E-state index is 0.0261. The highest BCUT2D eigenvalue weighted by atomic mass is 35.5. The van der Waals surface area contributed by atoms with E-state index in [1.807, 2.05) is 0 Å². The second kappa shape index (κ2) is 6.83. The minimum atomic E-state index is -4.46. The summed E-state index contributed by atoms with van der Waals surface area (Å²) in [6.07, 6.45) is -1.23. The van der Waals surface area contributed by atoms with Crippen LogP contribution in [0, 0.1) is 0 Å². The number of hydrogen-bond acceptors (Lipinski definition) is 5. The molecule has 4 N–H and O–H groups in total. The molecule has 0 unspecified atom stereocenters. The maximum Gasteiger partial charge on any atom is 0.413 e. The molecule has 0 saturated carbocycles. The van der Waals surface area contributed by atoms with Gasteiger partial charge in [0.05, 0.1) is 0 Å². The Kier molecular flexibility index (Phi) is 4.46. The van der Waals surface area contributed by atoms with Crippen LogP contribution in [-0.2, 0) is 0 Å². The SMILES string of the molecule is Nc1nc(C2=C(C(F)(F)F)CCC=C2)nc2n[nH]c(Nc3ccc(Cl)cc3)c12. The molecule has 144 valence electrons. The quantitative estimate of drug-likeness (QED) is 0.569. The molecule has 1 aliphatic carbocycles. The molecule has 2 aromatic heterocycles. The number of benzene rings is 1. The Bertz CT molecular complexity index is 1100. The number of anilines is 3. The fourth-order valence-electron chi connectivity index (χ4n) is 3.01. The van der Waals surface area contributed by atoms with Crippen molar-refractivity contribution in [1.82, 2.24) is 20.2 Å². The number of aromatic amines is 1. The number of nitrogens with two attached hydrogens (primary N) is 1. The molecule has 1 aromatic carbocycles. The fraction of sp³-hybridized carbons (Fsp3) is 0.167. The molecule has 0 spiro atoms. The number of alkyl halides is 3. The molecule has 10 heteroatoms. The normalized spacial score (nSPS) is 14.7. The Morgan fingerprint density at radius 3 is 2.61 bits per heavy atom. The monoisotopic (exact) mass is 406 g/mol. The van der Waals surface area contributed by atoms with Crippen LogP contribution in [0.15, 0.2) is 42.0 Å². The van der Waals surface area contributed by atoms with Gasteiger partial charge in [-0.25, -0.2) is 9.97 Å². The topological polar surface area (TPSA) is 92.5 Å². The standard InChI is InChI=1S/C18H14ClF3N6/c19-9-5-7-10(8-6-9)24-16-13-14(23)25-15(26-17(13)28-27-16)11-3-1-2-4-12(11)18(20,21)22/h1,3,5-8H,2,4H2,(H4,23,24,25,26,27,28). The minimum Gasteiger partial charge on any atom is -0.383 e. The van der Waals surface area contributed by atoms with Crippen LogP contribution < -0.4 is 11.1 Å². The van der Waals surface area contributed by atoms with E-state index >= 15 is 0 Å². The highest BCUT2D eigenvalue weighted by molar-refractivity contribution is 6.30. The van der Waals surface area contributed by atoms with Crippen molar-refractivity contribution in [3.63, 3.8) is 0 Å². The predicted molar refractivity (Wildman–Crippen MR) is 102 cm³/mol. The van der Waals surface area contributed by atoms with Crippen LogP contribution in [0.1, 0.15) is 18.7 Å². The van der Waals surface area contributed by atoms with Crippen LogP contribution >= 0.6 is 11.6 Å². The van der Waals surface area contributed by atoms with Crippen molar-refractivity contribution in [2.24, 2.45) is 0 Å². The molecule has 1 aliphatic rings. The van der Waals surface area contributed by atoms with Crippen LogP contribution in [0.3, 0.4) is 0 Å². The van der Waals surface area contributed by atoms with Gasteiger partial charge >= 0.3 is 6.18 Å². The first kappa shape index (κ1) is 18.3. The predicted octanol–water partition coefficient (Wildman–Crippen LogP) is 5.00. The molecule has 0 atom stereocenters. The van der Waals surface area contributed by atoms with E-state index < -0.39 is 11.7 Å². The van der Waals surface area contributed by atoms with Crippen molar-refractivity contribution >= 4 is 45.5 Å². The summed E-state index contributed by atoms with van der Waals surface area (Å²) in [4.78, 5) is 8.31. The Morgan fingerprint density at radius 1 is 1.14 bits per heavy atom. The lowest BCUT2D eigenvalue weighted by atomic mass is 9.96. The average molecular weight is 407 g/mol. The van der Waals surface area contributed by atoms with Gasteiger partial charge in [0.1, 0.15) is 17.0 Å². The second-order valence-corrected chi connectivity index (χ2v) is 6.63. The first-order valence-corrected chi connectivity index (χ1v) is 8.72. The lowest BCUT2D eigenvalue weighted by Gasteiger charge is -2.18. The summed E-state index contributed by atoms with van der Waals surface area (Å²) in [5.74, 6) is 0.363. The van der Waals surface area contributed by atoms with E-state index in [1.54, 1.807) is 30.3 Å². The van der Waals surface area contributed by atoms with Crippen LogP contribution in [-0.4, -0.2) is 26.3 Å². The van der Waals surface area contributed by atoms with Gasteiger partial charge in [-0.15, -0.1) is 0 Å². The number of nitrogen functional groups attached to an aromatic ring is 1. The number of halogens is 4. The molecule has 3 aromatic rings. The third-order valence-electron chi connectivity index (χ3n) is 4.31. The number of aromatic nitrogens is 4. The molecule has 0 aliphatic heterocycles. The molecule has 0 fully saturated rings. The molecule has 0 amide bonds. The molecule has 2 heterocycles. The van der Waals surface area contributed by atoms with E-state index in [1.165, 1.54) is 6.08 Å². The van der Waals surface area contributed by atoms with Crippen molar-refractivity contribution in [3.05, 3.63) is 52.8 Å².